The van der Waals surface area contributed by atoms with E-state index < -0.39 is 11.3 Å². The lowest BCUT2D eigenvalue weighted by molar-refractivity contribution is 0.00870. The summed E-state index contributed by atoms with van der Waals surface area (Å²) in [6.07, 6.45) is 0. The summed E-state index contributed by atoms with van der Waals surface area (Å²) in [6.45, 7) is 4.73. The van der Waals surface area contributed by atoms with E-state index in [0.717, 1.165) is 0 Å². The normalized spacial score (nSPS) is 14.2. The van der Waals surface area contributed by atoms with E-state index >= 15 is 0 Å². The van der Waals surface area contributed by atoms with Crippen molar-refractivity contribution in [2.24, 2.45) is 11.5 Å². The second-order valence-electron chi connectivity index (χ2n) is 2.84. The molecule has 0 aromatic carbocycles. The van der Waals surface area contributed by atoms with Crippen molar-refractivity contribution < 1.29 is 5.11 Å². The van der Waals surface area contributed by atoms with Gasteiger partial charge >= 0.3 is 0 Å². The van der Waals surface area contributed by atoms with Gasteiger partial charge in [-0.2, -0.15) is 0 Å². The van der Waals surface area contributed by atoms with Gasteiger partial charge in [0.1, 0.15) is 0 Å². The molecule has 0 aliphatic rings. The maximum absolute atomic E-state index is 9.10. The summed E-state index contributed by atoms with van der Waals surface area (Å²) in [7, 11) is 0. The molecule has 3 heteroatoms. The van der Waals surface area contributed by atoms with Crippen LogP contribution in [0.25, 0.3) is 0 Å². The van der Waals surface area contributed by atoms with Gasteiger partial charge in [0.15, 0.2) is 0 Å². The van der Waals surface area contributed by atoms with Crippen LogP contribution in [-0.2, 0) is 0 Å². The fraction of sp³-hybridized carbons (Fsp3) is 1.00. The van der Waals surface area contributed by atoms with Crippen LogP contribution in [0.2, 0.25) is 0 Å². The first-order valence-corrected chi connectivity index (χ1v) is 2.55. The van der Waals surface area contributed by atoms with Gasteiger partial charge in [-0.25, -0.2) is 0 Å². The molecule has 0 saturated carbocycles. The van der Waals surface area contributed by atoms with Crippen molar-refractivity contribution in [3.8, 4) is 0 Å². The van der Waals surface area contributed by atoms with E-state index in [1.54, 1.807) is 20.8 Å². The molecule has 50 valence electrons. The molecule has 0 fully saturated rings. The summed E-state index contributed by atoms with van der Waals surface area (Å²) in [5.74, 6) is 0. The van der Waals surface area contributed by atoms with Crippen LogP contribution in [0.1, 0.15) is 20.8 Å². The number of nitrogens with two attached hydrogens (primary N) is 2. The van der Waals surface area contributed by atoms with Crippen LogP contribution in [0.5, 0.6) is 0 Å². The van der Waals surface area contributed by atoms with E-state index in [0.29, 0.717) is 0 Å². The number of hydrogen-bond donors (Lipinski definition) is 3. The Balaban J connectivity index is 4.02. The Hall–Kier alpha value is -0.120. The number of aliphatic hydroxyl groups is 1. The van der Waals surface area contributed by atoms with Crippen molar-refractivity contribution in [1.82, 2.24) is 0 Å². The smallest absolute Gasteiger partial charge is 0.0897 e. The summed E-state index contributed by atoms with van der Waals surface area (Å²) >= 11 is 0. The molecule has 0 heterocycles. The molecule has 0 aliphatic carbocycles. The molecule has 0 unspecified atom stereocenters. The fourth-order valence-corrected chi connectivity index (χ4v) is 0. The van der Waals surface area contributed by atoms with Crippen molar-refractivity contribution in [3.05, 3.63) is 0 Å². The zero-order valence-electron chi connectivity index (χ0n) is 5.60. The Labute approximate surface area is 49.7 Å². The summed E-state index contributed by atoms with van der Waals surface area (Å²) in [6, 6.07) is 0. The van der Waals surface area contributed by atoms with Gasteiger partial charge in [-0.15, -0.1) is 0 Å². The van der Waals surface area contributed by atoms with Crippen LogP contribution >= 0.6 is 0 Å². The molecule has 0 radical (unpaired) electrons. The molecule has 0 spiro atoms. The Bertz CT molecular complexity index is 65.4. The zero-order valence-corrected chi connectivity index (χ0v) is 5.60. The second-order valence-corrected chi connectivity index (χ2v) is 2.84. The van der Waals surface area contributed by atoms with E-state index in [1.807, 2.05) is 0 Å². The Kier molecular flexibility index (Phi) is 1.66. The van der Waals surface area contributed by atoms with Crippen molar-refractivity contribution in [3.63, 3.8) is 0 Å². The molecular formula is C5H14N2O. The third kappa shape index (κ3) is 1.78. The largest absolute Gasteiger partial charge is 0.387 e. The molecule has 5 N–H and O–H groups in total. The highest BCUT2D eigenvalue weighted by atomic mass is 16.3. The molecule has 0 rings (SSSR count). The second kappa shape index (κ2) is 1.69. The van der Waals surface area contributed by atoms with Gasteiger partial charge in [-0.05, 0) is 20.8 Å². The van der Waals surface area contributed by atoms with Crippen molar-refractivity contribution in [1.29, 1.82) is 0 Å². The highest BCUT2D eigenvalue weighted by Crippen LogP contribution is 2.10. The van der Waals surface area contributed by atoms with E-state index in [9.17, 15) is 0 Å². The minimum Gasteiger partial charge on any atom is -0.387 e. The first kappa shape index (κ1) is 7.88. The molecule has 0 bridgehead atoms. The van der Waals surface area contributed by atoms with E-state index in [-0.39, 0.29) is 0 Å². The van der Waals surface area contributed by atoms with Crippen LogP contribution in [0.4, 0.5) is 0 Å². The topological polar surface area (TPSA) is 72.3 Å². The predicted octanol–water partition coefficient (Wildman–Crippen LogP) is -0.609. The van der Waals surface area contributed by atoms with Gasteiger partial charge in [0.05, 0.1) is 11.3 Å². The minimum atomic E-state index is -1.01. The molecule has 0 aliphatic heterocycles. The van der Waals surface area contributed by atoms with Gasteiger partial charge in [0.25, 0.3) is 0 Å². The summed E-state index contributed by atoms with van der Waals surface area (Å²) < 4.78 is 0. The van der Waals surface area contributed by atoms with Crippen LogP contribution in [0.3, 0.4) is 0 Å². The standard InChI is InChI=1S/C5H14N2O/c1-4(2,8)5(3,6)7/h8H,6-7H2,1-3H3. The molecule has 8 heavy (non-hydrogen) atoms. The van der Waals surface area contributed by atoms with Crippen LogP contribution < -0.4 is 11.5 Å². The lowest BCUT2D eigenvalue weighted by Gasteiger charge is -2.32. The quantitative estimate of drug-likeness (QED) is 0.402. The van der Waals surface area contributed by atoms with E-state index in [4.69, 9.17) is 16.6 Å². The van der Waals surface area contributed by atoms with E-state index in [2.05, 4.69) is 0 Å². The van der Waals surface area contributed by atoms with Crippen LogP contribution in [0.15, 0.2) is 0 Å². The van der Waals surface area contributed by atoms with Gasteiger partial charge < -0.3 is 16.6 Å². The highest BCUT2D eigenvalue weighted by Gasteiger charge is 2.30. The highest BCUT2D eigenvalue weighted by molar-refractivity contribution is 4.88. The van der Waals surface area contributed by atoms with Crippen molar-refractivity contribution in [2.75, 3.05) is 0 Å². The average molecular weight is 118 g/mol. The summed E-state index contributed by atoms with van der Waals surface area (Å²) in [5, 5.41) is 9.10. The van der Waals surface area contributed by atoms with Crippen molar-refractivity contribution >= 4 is 0 Å². The maximum Gasteiger partial charge on any atom is 0.0897 e. The minimum absolute atomic E-state index is 1.01. The van der Waals surface area contributed by atoms with Crippen LogP contribution in [-0.4, -0.2) is 16.4 Å². The Morgan fingerprint density at radius 3 is 1.25 bits per heavy atom. The third-order valence-corrected chi connectivity index (χ3v) is 1.32. The predicted molar refractivity (Wildman–Crippen MR) is 33.1 cm³/mol. The number of rotatable bonds is 1. The molecule has 0 aromatic rings. The zero-order chi connectivity index (χ0) is 7.00. The van der Waals surface area contributed by atoms with Crippen molar-refractivity contribution in [2.45, 2.75) is 32.0 Å². The lowest BCUT2D eigenvalue weighted by Crippen LogP contribution is -2.61. The fourth-order valence-electron chi connectivity index (χ4n) is 0. The summed E-state index contributed by atoms with van der Waals surface area (Å²) in [4.78, 5) is 0. The first-order chi connectivity index (χ1) is 3.25. The average Bonchev–Trinajstić information content (AvgIpc) is 1.25. The molecule has 0 aromatic heterocycles. The van der Waals surface area contributed by atoms with E-state index in [1.165, 1.54) is 0 Å². The van der Waals surface area contributed by atoms with Crippen LogP contribution in [0, 0.1) is 0 Å². The molecule has 0 atom stereocenters. The van der Waals surface area contributed by atoms with Gasteiger partial charge in [-0.1, -0.05) is 0 Å². The van der Waals surface area contributed by atoms with Gasteiger partial charge in [0, 0.05) is 0 Å². The molecule has 3 nitrogen and oxygen atoms in total. The monoisotopic (exact) mass is 118 g/mol. The summed E-state index contributed by atoms with van der Waals surface area (Å²) in [5.41, 5.74) is 8.67. The Morgan fingerprint density at radius 2 is 1.25 bits per heavy atom. The maximum atomic E-state index is 9.10. The lowest BCUT2D eigenvalue weighted by atomic mass is 9.95. The Morgan fingerprint density at radius 1 is 1.12 bits per heavy atom. The van der Waals surface area contributed by atoms with Gasteiger partial charge in [0.2, 0.25) is 0 Å². The van der Waals surface area contributed by atoms with Gasteiger partial charge in [-0.3, -0.25) is 0 Å². The number of hydrogen-bond acceptors (Lipinski definition) is 3. The molecule has 0 amide bonds. The third-order valence-electron chi connectivity index (χ3n) is 1.32. The molecular weight excluding hydrogens is 104 g/mol. The SMILES string of the molecule is CC(N)(N)C(C)(C)O. The molecule has 0 saturated heterocycles. The first-order valence-electron chi connectivity index (χ1n) is 2.55.